The van der Waals surface area contributed by atoms with Crippen LogP contribution in [-0.4, -0.2) is 34.5 Å². The normalized spacial score (nSPS) is 12.0. The molecular weight excluding hydrogens is 403 g/mol. The summed E-state index contributed by atoms with van der Waals surface area (Å²) in [4.78, 5) is 33.0. The summed E-state index contributed by atoms with van der Waals surface area (Å²) >= 11 is 0. The van der Waals surface area contributed by atoms with Crippen LogP contribution in [0.1, 0.15) is 40.0 Å². The summed E-state index contributed by atoms with van der Waals surface area (Å²) in [6.45, 7) is 3.35. The zero-order chi connectivity index (χ0) is 22.1. The standard InChI is InChI=1S/C20H20F3N3O4/c1-4-29-19(28)15-11(2)30-18-16(15)17(27)24-14(25-18)10-26(3)9-12-7-5-6-8-13(12)20(21,22)23/h5-8H,4,9-10H2,1-3H3,(H,24,25,27). The fraction of sp³-hybridized carbons (Fsp3) is 0.350. The number of furan rings is 1. The fourth-order valence-electron chi connectivity index (χ4n) is 3.22. The lowest BCUT2D eigenvalue weighted by Crippen LogP contribution is -2.23. The van der Waals surface area contributed by atoms with Gasteiger partial charge in [0.25, 0.3) is 5.56 Å². The Bertz CT molecular complexity index is 1130. The number of rotatable bonds is 6. The van der Waals surface area contributed by atoms with Gasteiger partial charge in [0.05, 0.1) is 18.7 Å². The molecule has 0 unspecified atom stereocenters. The van der Waals surface area contributed by atoms with Gasteiger partial charge >= 0.3 is 12.1 Å². The SMILES string of the molecule is CCOC(=O)c1c(C)oc2nc(CN(C)Cc3ccccc3C(F)(F)F)[nH]c(=O)c12. The first-order valence-electron chi connectivity index (χ1n) is 9.14. The van der Waals surface area contributed by atoms with Crippen molar-refractivity contribution in [2.24, 2.45) is 0 Å². The Balaban J connectivity index is 1.87. The molecule has 0 spiro atoms. The number of ether oxygens (including phenoxy) is 1. The van der Waals surface area contributed by atoms with Gasteiger partial charge in [0.1, 0.15) is 22.5 Å². The molecule has 1 aromatic carbocycles. The van der Waals surface area contributed by atoms with Crippen LogP contribution in [0.2, 0.25) is 0 Å². The number of aromatic amines is 1. The van der Waals surface area contributed by atoms with Crippen LogP contribution >= 0.6 is 0 Å². The Labute approximate surface area is 169 Å². The zero-order valence-electron chi connectivity index (χ0n) is 16.6. The van der Waals surface area contributed by atoms with E-state index in [0.29, 0.717) is 0 Å². The van der Waals surface area contributed by atoms with E-state index in [0.717, 1.165) is 6.07 Å². The number of benzene rings is 1. The Morgan fingerprint density at radius 3 is 2.63 bits per heavy atom. The van der Waals surface area contributed by atoms with E-state index in [4.69, 9.17) is 9.15 Å². The number of aromatic nitrogens is 2. The highest BCUT2D eigenvalue weighted by Crippen LogP contribution is 2.32. The van der Waals surface area contributed by atoms with Gasteiger partial charge in [-0.1, -0.05) is 18.2 Å². The largest absolute Gasteiger partial charge is 0.462 e. The number of nitrogens with zero attached hydrogens (tertiary/aromatic N) is 2. The molecule has 3 rings (SSSR count). The smallest absolute Gasteiger partial charge is 0.416 e. The molecule has 7 nitrogen and oxygen atoms in total. The third-order valence-corrected chi connectivity index (χ3v) is 4.45. The van der Waals surface area contributed by atoms with Crippen molar-refractivity contribution in [3.63, 3.8) is 0 Å². The minimum Gasteiger partial charge on any atom is -0.462 e. The molecule has 0 bridgehead atoms. The van der Waals surface area contributed by atoms with Gasteiger partial charge in [-0.3, -0.25) is 9.69 Å². The lowest BCUT2D eigenvalue weighted by molar-refractivity contribution is -0.138. The molecule has 160 valence electrons. The predicted octanol–water partition coefficient (Wildman–Crippen LogP) is 3.65. The van der Waals surface area contributed by atoms with E-state index in [1.807, 2.05) is 0 Å². The van der Waals surface area contributed by atoms with E-state index < -0.39 is 23.3 Å². The second-order valence-corrected chi connectivity index (χ2v) is 6.77. The number of alkyl halides is 3. The predicted molar refractivity (Wildman–Crippen MR) is 102 cm³/mol. The molecule has 0 atom stereocenters. The Morgan fingerprint density at radius 1 is 1.27 bits per heavy atom. The summed E-state index contributed by atoms with van der Waals surface area (Å²) in [5.74, 6) is -0.288. The molecule has 0 aliphatic rings. The lowest BCUT2D eigenvalue weighted by Gasteiger charge is -2.19. The van der Waals surface area contributed by atoms with Crippen LogP contribution in [0.3, 0.4) is 0 Å². The van der Waals surface area contributed by atoms with E-state index in [1.165, 1.54) is 25.1 Å². The van der Waals surface area contributed by atoms with Crippen LogP contribution in [0.25, 0.3) is 11.1 Å². The second kappa shape index (κ2) is 8.31. The van der Waals surface area contributed by atoms with Gasteiger partial charge in [-0.15, -0.1) is 0 Å². The van der Waals surface area contributed by atoms with Crippen molar-refractivity contribution in [3.05, 3.63) is 62.9 Å². The maximum absolute atomic E-state index is 13.2. The molecule has 10 heteroatoms. The first-order valence-corrected chi connectivity index (χ1v) is 9.14. The Kier molecular flexibility index (Phi) is 5.97. The molecule has 2 aromatic heterocycles. The van der Waals surface area contributed by atoms with Crippen molar-refractivity contribution in [1.29, 1.82) is 0 Å². The van der Waals surface area contributed by atoms with Gasteiger partial charge in [0.15, 0.2) is 0 Å². The highest BCUT2D eigenvalue weighted by atomic mass is 19.4. The van der Waals surface area contributed by atoms with E-state index in [2.05, 4.69) is 9.97 Å². The number of hydrogen-bond donors (Lipinski definition) is 1. The number of carbonyl (C=O) groups is 1. The molecule has 1 N–H and O–H groups in total. The quantitative estimate of drug-likeness (QED) is 0.609. The van der Waals surface area contributed by atoms with Crippen LogP contribution in [0, 0.1) is 6.92 Å². The van der Waals surface area contributed by atoms with Crippen LogP contribution in [0.4, 0.5) is 13.2 Å². The lowest BCUT2D eigenvalue weighted by atomic mass is 10.1. The minimum absolute atomic E-state index is 0.0112. The molecular formula is C20H20F3N3O4. The summed E-state index contributed by atoms with van der Waals surface area (Å²) in [6, 6.07) is 5.30. The summed E-state index contributed by atoms with van der Waals surface area (Å²) in [6.07, 6.45) is -4.46. The van der Waals surface area contributed by atoms with Gasteiger partial charge in [-0.25, -0.2) is 4.79 Å². The third kappa shape index (κ3) is 4.38. The molecule has 0 radical (unpaired) electrons. The van der Waals surface area contributed by atoms with Gasteiger partial charge in [-0.05, 0) is 32.5 Å². The van der Waals surface area contributed by atoms with E-state index >= 15 is 0 Å². The molecule has 30 heavy (non-hydrogen) atoms. The minimum atomic E-state index is -4.46. The zero-order valence-corrected chi connectivity index (χ0v) is 16.6. The molecule has 2 heterocycles. The number of halogens is 3. The Hall–Kier alpha value is -3.14. The molecule has 0 aliphatic heterocycles. The molecule has 3 aromatic rings. The highest BCUT2D eigenvalue weighted by Gasteiger charge is 2.33. The van der Waals surface area contributed by atoms with Gasteiger partial charge in [-0.2, -0.15) is 18.2 Å². The van der Waals surface area contributed by atoms with Crippen LogP contribution in [0.15, 0.2) is 33.5 Å². The fourth-order valence-corrected chi connectivity index (χ4v) is 3.22. The maximum atomic E-state index is 13.2. The van der Waals surface area contributed by atoms with Crippen molar-refractivity contribution < 1.29 is 27.1 Å². The third-order valence-electron chi connectivity index (χ3n) is 4.45. The highest BCUT2D eigenvalue weighted by molar-refractivity contribution is 6.03. The number of carbonyl (C=O) groups excluding carboxylic acids is 1. The average molecular weight is 423 g/mol. The molecule has 0 aliphatic carbocycles. The maximum Gasteiger partial charge on any atom is 0.416 e. The molecule has 0 saturated carbocycles. The molecule has 0 amide bonds. The van der Waals surface area contributed by atoms with E-state index in [9.17, 15) is 22.8 Å². The van der Waals surface area contributed by atoms with Crippen molar-refractivity contribution in [2.75, 3.05) is 13.7 Å². The van der Waals surface area contributed by atoms with Crippen molar-refractivity contribution in [2.45, 2.75) is 33.1 Å². The summed E-state index contributed by atoms with van der Waals surface area (Å²) in [7, 11) is 1.61. The number of nitrogens with one attached hydrogen (secondary N) is 1. The topological polar surface area (TPSA) is 88.4 Å². The average Bonchev–Trinajstić information content (AvgIpc) is 2.97. The Morgan fingerprint density at radius 2 is 1.97 bits per heavy atom. The first-order chi connectivity index (χ1) is 14.1. The monoisotopic (exact) mass is 423 g/mol. The van der Waals surface area contributed by atoms with Gasteiger partial charge in [0, 0.05) is 6.54 Å². The number of aryl methyl sites for hydroxylation is 1. The molecule has 0 saturated heterocycles. The van der Waals surface area contributed by atoms with E-state index in [-0.39, 0.29) is 53.5 Å². The summed E-state index contributed by atoms with van der Waals surface area (Å²) < 4.78 is 50.0. The second-order valence-electron chi connectivity index (χ2n) is 6.77. The van der Waals surface area contributed by atoms with Crippen LogP contribution < -0.4 is 5.56 Å². The summed E-state index contributed by atoms with van der Waals surface area (Å²) in [5, 5.41) is -0.0141. The number of esters is 1. The number of hydrogen-bond acceptors (Lipinski definition) is 6. The van der Waals surface area contributed by atoms with Crippen molar-refractivity contribution >= 4 is 17.1 Å². The van der Waals surface area contributed by atoms with Crippen molar-refractivity contribution in [1.82, 2.24) is 14.9 Å². The summed E-state index contributed by atoms with van der Waals surface area (Å²) in [5.41, 5.74) is -1.21. The molecule has 0 fully saturated rings. The van der Waals surface area contributed by atoms with Crippen molar-refractivity contribution in [3.8, 4) is 0 Å². The van der Waals surface area contributed by atoms with Gasteiger partial charge < -0.3 is 14.1 Å². The van der Waals surface area contributed by atoms with E-state index in [1.54, 1.807) is 18.9 Å². The number of fused-ring (bicyclic) bond motifs is 1. The van der Waals surface area contributed by atoms with Crippen LogP contribution in [0.5, 0.6) is 0 Å². The van der Waals surface area contributed by atoms with Gasteiger partial charge in [0.2, 0.25) is 5.71 Å². The number of H-pyrrole nitrogens is 1. The van der Waals surface area contributed by atoms with Crippen LogP contribution in [-0.2, 0) is 24.0 Å². The first kappa shape index (κ1) is 21.6.